The van der Waals surface area contributed by atoms with E-state index in [1.54, 1.807) is 0 Å². The summed E-state index contributed by atoms with van der Waals surface area (Å²) in [5.41, 5.74) is 5.70. The van der Waals surface area contributed by atoms with Crippen LogP contribution in [-0.2, 0) is 14.8 Å². The first-order valence-electron chi connectivity index (χ1n) is 4.95. The molecule has 0 aliphatic carbocycles. The molecule has 1 rings (SSSR count). The second-order valence-electron chi connectivity index (χ2n) is 3.74. The molecule has 0 heterocycles. The van der Waals surface area contributed by atoms with E-state index in [0.717, 1.165) is 0 Å². The molecule has 0 radical (unpaired) electrons. The highest BCUT2D eigenvalue weighted by molar-refractivity contribution is 7.89. The molecule has 0 amide bonds. The normalized spacial score (nSPS) is 11.6. The molecule has 0 aromatic heterocycles. The van der Waals surface area contributed by atoms with Crippen molar-refractivity contribution < 1.29 is 17.9 Å². The Morgan fingerprint density at radius 1 is 1.39 bits per heavy atom. The zero-order chi connectivity index (χ0) is 13.9. The molecule has 0 aliphatic heterocycles. The Hall–Kier alpha value is -1.64. The van der Waals surface area contributed by atoms with Gasteiger partial charge in [-0.25, -0.2) is 18.2 Å². The summed E-state index contributed by atoms with van der Waals surface area (Å²) in [6.07, 6.45) is 0. The molecule has 0 atom stereocenters. The number of nitrogens with two attached hydrogens (primary N) is 1. The van der Waals surface area contributed by atoms with Crippen LogP contribution in [0.3, 0.4) is 0 Å². The van der Waals surface area contributed by atoms with Gasteiger partial charge in [0.1, 0.15) is 0 Å². The largest absolute Gasteiger partial charge is 0.465 e. The molecule has 3 N–H and O–H groups in total. The number of nitrogens with zero attached hydrogens (tertiary/aromatic N) is 1. The van der Waals surface area contributed by atoms with E-state index in [1.165, 1.54) is 44.4 Å². The zero-order valence-corrected chi connectivity index (χ0v) is 11.1. The standard InChI is InChI=1S/C10H15N3O4S/c1-13(2)12-18(15,16)9-5-4-7(11)6-8(9)10(14)17-3/h4-6,12H,11H2,1-3H3. The van der Waals surface area contributed by atoms with E-state index in [2.05, 4.69) is 9.57 Å². The monoisotopic (exact) mass is 273 g/mol. The van der Waals surface area contributed by atoms with Crippen LogP contribution in [0.25, 0.3) is 0 Å². The molecule has 0 saturated carbocycles. The summed E-state index contributed by atoms with van der Waals surface area (Å²) in [4.78, 5) is 13.6. The molecule has 0 unspecified atom stereocenters. The molecule has 1 aromatic carbocycles. The van der Waals surface area contributed by atoms with Crippen LogP contribution < -0.4 is 10.6 Å². The highest BCUT2D eigenvalue weighted by Gasteiger charge is 2.23. The van der Waals surface area contributed by atoms with Crippen LogP contribution in [0.15, 0.2) is 23.1 Å². The van der Waals surface area contributed by atoms with E-state index in [0.29, 0.717) is 0 Å². The van der Waals surface area contributed by atoms with Crippen molar-refractivity contribution in [1.29, 1.82) is 0 Å². The maximum Gasteiger partial charge on any atom is 0.339 e. The predicted octanol–water partition coefficient (Wildman–Crippen LogP) is -0.190. The molecule has 1 aromatic rings. The zero-order valence-electron chi connectivity index (χ0n) is 10.3. The van der Waals surface area contributed by atoms with Gasteiger partial charge in [0.15, 0.2) is 0 Å². The first-order valence-corrected chi connectivity index (χ1v) is 6.44. The van der Waals surface area contributed by atoms with Crippen LogP contribution in [0.2, 0.25) is 0 Å². The van der Waals surface area contributed by atoms with Gasteiger partial charge in [0.2, 0.25) is 0 Å². The van der Waals surface area contributed by atoms with Crippen LogP contribution in [-0.4, -0.2) is 40.6 Å². The van der Waals surface area contributed by atoms with E-state index in [-0.39, 0.29) is 16.1 Å². The van der Waals surface area contributed by atoms with Gasteiger partial charge in [-0.15, -0.1) is 4.83 Å². The molecular formula is C10H15N3O4S. The smallest absolute Gasteiger partial charge is 0.339 e. The fourth-order valence-electron chi connectivity index (χ4n) is 1.34. The summed E-state index contributed by atoms with van der Waals surface area (Å²) in [6.45, 7) is 0. The quantitative estimate of drug-likeness (QED) is 0.448. The summed E-state index contributed by atoms with van der Waals surface area (Å²) in [5, 5.41) is 1.26. The number of hydrogen-bond acceptors (Lipinski definition) is 6. The Kier molecular flexibility index (Phi) is 4.28. The molecule has 0 aliphatic rings. The van der Waals surface area contributed by atoms with Gasteiger partial charge in [0, 0.05) is 19.8 Å². The minimum absolute atomic E-state index is 0.105. The highest BCUT2D eigenvalue weighted by Crippen LogP contribution is 2.19. The SMILES string of the molecule is COC(=O)c1cc(N)ccc1S(=O)(=O)NN(C)C. The van der Waals surface area contributed by atoms with Gasteiger partial charge in [-0.05, 0) is 18.2 Å². The molecule has 0 bridgehead atoms. The number of esters is 1. The minimum Gasteiger partial charge on any atom is -0.465 e. The summed E-state index contributed by atoms with van der Waals surface area (Å²) < 4.78 is 28.5. The van der Waals surface area contributed by atoms with Gasteiger partial charge in [-0.1, -0.05) is 0 Å². The number of rotatable bonds is 4. The molecule has 0 saturated heterocycles. The lowest BCUT2D eigenvalue weighted by molar-refractivity contribution is 0.0596. The van der Waals surface area contributed by atoms with Crippen LogP contribution >= 0.6 is 0 Å². The number of carbonyl (C=O) groups excluding carboxylic acids is 1. The highest BCUT2D eigenvalue weighted by atomic mass is 32.2. The maximum absolute atomic E-state index is 12.0. The number of nitrogens with one attached hydrogen (secondary N) is 1. The predicted molar refractivity (Wildman–Crippen MR) is 66.2 cm³/mol. The van der Waals surface area contributed by atoms with Crippen LogP contribution in [0, 0.1) is 0 Å². The third-order valence-corrected chi connectivity index (χ3v) is 3.54. The van der Waals surface area contributed by atoms with Gasteiger partial charge in [-0.3, -0.25) is 0 Å². The third-order valence-electron chi connectivity index (χ3n) is 2.00. The number of nitrogen functional groups attached to an aromatic ring is 1. The number of hydrogen-bond donors (Lipinski definition) is 2. The minimum atomic E-state index is -3.84. The topological polar surface area (TPSA) is 102 Å². The summed E-state index contributed by atoms with van der Waals surface area (Å²) in [7, 11) is 0.366. The van der Waals surface area contributed by atoms with E-state index in [9.17, 15) is 13.2 Å². The summed E-state index contributed by atoms with van der Waals surface area (Å²) in [6, 6.07) is 3.92. The first-order chi connectivity index (χ1) is 8.27. The molecular weight excluding hydrogens is 258 g/mol. The molecule has 18 heavy (non-hydrogen) atoms. The van der Waals surface area contributed by atoms with Crippen molar-refractivity contribution in [2.24, 2.45) is 0 Å². The molecule has 7 nitrogen and oxygen atoms in total. The number of anilines is 1. The van der Waals surface area contributed by atoms with Crippen molar-refractivity contribution in [2.45, 2.75) is 4.90 Å². The Morgan fingerprint density at radius 2 is 2.00 bits per heavy atom. The lowest BCUT2D eigenvalue weighted by atomic mass is 10.2. The number of hydrazine groups is 1. The maximum atomic E-state index is 12.0. The Bertz CT molecular complexity index is 554. The second-order valence-corrected chi connectivity index (χ2v) is 5.37. The third kappa shape index (κ3) is 3.19. The molecule has 0 fully saturated rings. The Balaban J connectivity index is 3.36. The average molecular weight is 273 g/mol. The number of carbonyl (C=O) groups is 1. The lowest BCUT2D eigenvalue weighted by Crippen LogP contribution is -2.36. The van der Waals surface area contributed by atoms with Gasteiger partial charge in [0.05, 0.1) is 17.6 Å². The first kappa shape index (κ1) is 14.4. The van der Waals surface area contributed by atoms with Crippen molar-refractivity contribution in [3.63, 3.8) is 0 Å². The van der Waals surface area contributed by atoms with Crippen molar-refractivity contribution >= 4 is 21.7 Å². The summed E-state index contributed by atoms with van der Waals surface area (Å²) >= 11 is 0. The molecule has 8 heteroatoms. The van der Waals surface area contributed by atoms with Gasteiger partial charge in [-0.2, -0.15) is 0 Å². The van der Waals surface area contributed by atoms with Crippen molar-refractivity contribution in [3.8, 4) is 0 Å². The second kappa shape index (κ2) is 5.34. The van der Waals surface area contributed by atoms with E-state index in [4.69, 9.17) is 5.73 Å². The number of benzene rings is 1. The fraction of sp³-hybridized carbons (Fsp3) is 0.300. The molecule has 100 valence electrons. The van der Waals surface area contributed by atoms with Gasteiger partial charge < -0.3 is 10.5 Å². The number of methoxy groups -OCH3 is 1. The number of ether oxygens (including phenoxy) is 1. The Morgan fingerprint density at radius 3 is 2.50 bits per heavy atom. The van der Waals surface area contributed by atoms with Crippen LogP contribution in [0.4, 0.5) is 5.69 Å². The van der Waals surface area contributed by atoms with Crippen molar-refractivity contribution in [1.82, 2.24) is 9.84 Å². The van der Waals surface area contributed by atoms with Gasteiger partial charge >= 0.3 is 5.97 Å². The van der Waals surface area contributed by atoms with E-state index < -0.39 is 16.0 Å². The summed E-state index contributed by atoms with van der Waals surface area (Å²) in [5.74, 6) is -0.763. The van der Waals surface area contributed by atoms with Gasteiger partial charge in [0.25, 0.3) is 10.0 Å². The van der Waals surface area contributed by atoms with Crippen molar-refractivity contribution in [3.05, 3.63) is 23.8 Å². The van der Waals surface area contributed by atoms with E-state index in [1.807, 2.05) is 0 Å². The van der Waals surface area contributed by atoms with Crippen molar-refractivity contribution in [2.75, 3.05) is 26.9 Å². The van der Waals surface area contributed by atoms with E-state index >= 15 is 0 Å². The Labute approximate surface area is 106 Å². The van der Waals surface area contributed by atoms with Crippen LogP contribution in [0.1, 0.15) is 10.4 Å². The lowest BCUT2D eigenvalue weighted by Gasteiger charge is -2.14. The fourth-order valence-corrected chi connectivity index (χ4v) is 2.60. The molecule has 0 spiro atoms. The van der Waals surface area contributed by atoms with Crippen LogP contribution in [0.5, 0.6) is 0 Å². The number of sulfonamides is 1. The average Bonchev–Trinajstić information content (AvgIpc) is 2.25.